The van der Waals surface area contributed by atoms with Gasteiger partial charge < -0.3 is 10.2 Å². The molecule has 114 valence electrons. The number of hydrogen-bond donors (Lipinski definition) is 3. The predicted octanol–water partition coefficient (Wildman–Crippen LogP) is 2.41. The molecule has 1 aromatic heterocycles. The molecule has 0 fully saturated rings. The molecule has 1 amide bonds. The van der Waals surface area contributed by atoms with E-state index in [1.165, 1.54) is 24.4 Å². The van der Waals surface area contributed by atoms with E-state index in [0.717, 1.165) is 10.9 Å². The minimum Gasteiger partial charge on any atom is -0.508 e. The second-order valence-corrected chi connectivity index (χ2v) is 4.83. The van der Waals surface area contributed by atoms with Gasteiger partial charge in [0.25, 0.3) is 5.91 Å². The number of phenols is 2. The molecule has 0 aliphatic heterocycles. The van der Waals surface area contributed by atoms with Crippen LogP contribution in [0.2, 0.25) is 0 Å². The van der Waals surface area contributed by atoms with Crippen molar-refractivity contribution in [2.75, 3.05) is 0 Å². The second-order valence-electron chi connectivity index (χ2n) is 4.83. The lowest BCUT2D eigenvalue weighted by atomic mass is 10.2. The molecule has 23 heavy (non-hydrogen) atoms. The third-order valence-corrected chi connectivity index (χ3v) is 3.21. The first-order valence-electron chi connectivity index (χ1n) is 6.85. The van der Waals surface area contributed by atoms with E-state index >= 15 is 0 Å². The normalized spacial score (nSPS) is 11.0. The van der Waals surface area contributed by atoms with Crippen LogP contribution in [-0.4, -0.2) is 27.3 Å². The van der Waals surface area contributed by atoms with Crippen LogP contribution in [0.1, 0.15) is 16.1 Å². The minimum absolute atomic E-state index is 0.0518. The number of aromatic hydroxyl groups is 2. The van der Waals surface area contributed by atoms with E-state index < -0.39 is 5.91 Å². The van der Waals surface area contributed by atoms with Crippen molar-refractivity contribution in [3.8, 4) is 11.5 Å². The highest BCUT2D eigenvalue weighted by molar-refractivity contribution is 5.95. The summed E-state index contributed by atoms with van der Waals surface area (Å²) in [4.78, 5) is 16.3. The van der Waals surface area contributed by atoms with Crippen LogP contribution in [0.5, 0.6) is 11.5 Å². The summed E-state index contributed by atoms with van der Waals surface area (Å²) in [6.45, 7) is 0. The highest BCUT2D eigenvalue weighted by Crippen LogP contribution is 2.20. The first-order chi connectivity index (χ1) is 11.1. The van der Waals surface area contributed by atoms with E-state index in [1.807, 2.05) is 30.3 Å². The maximum atomic E-state index is 12.0. The van der Waals surface area contributed by atoms with Gasteiger partial charge in [0.05, 0.1) is 11.7 Å². The molecule has 6 heteroatoms. The molecule has 0 aliphatic carbocycles. The van der Waals surface area contributed by atoms with E-state index in [2.05, 4.69) is 15.5 Å². The molecule has 0 aliphatic rings. The van der Waals surface area contributed by atoms with E-state index in [4.69, 9.17) is 0 Å². The summed E-state index contributed by atoms with van der Waals surface area (Å²) in [7, 11) is 0. The maximum absolute atomic E-state index is 12.0. The Morgan fingerprint density at radius 2 is 1.91 bits per heavy atom. The molecule has 0 bridgehead atoms. The van der Waals surface area contributed by atoms with Gasteiger partial charge in [0.15, 0.2) is 0 Å². The number of carbonyl (C=O) groups is 1. The summed E-state index contributed by atoms with van der Waals surface area (Å²) in [6, 6.07) is 15.0. The van der Waals surface area contributed by atoms with E-state index in [0.29, 0.717) is 5.56 Å². The summed E-state index contributed by atoms with van der Waals surface area (Å²) >= 11 is 0. The van der Waals surface area contributed by atoms with Crippen molar-refractivity contribution in [1.82, 2.24) is 10.4 Å². The number of carbonyl (C=O) groups excluding carboxylic acids is 1. The van der Waals surface area contributed by atoms with Crippen LogP contribution in [0.3, 0.4) is 0 Å². The van der Waals surface area contributed by atoms with E-state index in [9.17, 15) is 15.0 Å². The van der Waals surface area contributed by atoms with Crippen molar-refractivity contribution >= 4 is 23.0 Å². The average molecular weight is 307 g/mol. The maximum Gasteiger partial charge on any atom is 0.289 e. The van der Waals surface area contributed by atoms with Gasteiger partial charge in [-0.15, -0.1) is 0 Å². The Kier molecular flexibility index (Phi) is 3.88. The Balaban J connectivity index is 1.74. The number of hydrogen-bond acceptors (Lipinski definition) is 5. The van der Waals surface area contributed by atoms with E-state index in [-0.39, 0.29) is 17.2 Å². The number of hydrazone groups is 1. The molecule has 0 saturated heterocycles. The van der Waals surface area contributed by atoms with Crippen molar-refractivity contribution in [2.45, 2.75) is 0 Å². The number of aromatic nitrogens is 1. The number of benzene rings is 2. The number of para-hydroxylation sites is 1. The molecule has 0 saturated carbocycles. The van der Waals surface area contributed by atoms with E-state index in [1.54, 1.807) is 6.07 Å². The molecule has 0 radical (unpaired) electrons. The Bertz CT molecular complexity index is 906. The first-order valence-corrected chi connectivity index (χ1v) is 6.85. The number of nitrogens with one attached hydrogen (secondary N) is 1. The van der Waals surface area contributed by atoms with Crippen molar-refractivity contribution < 1.29 is 15.0 Å². The fourth-order valence-electron chi connectivity index (χ4n) is 2.05. The molecular formula is C17H13N3O3. The van der Waals surface area contributed by atoms with Crippen molar-refractivity contribution in [3.63, 3.8) is 0 Å². The number of phenolic OH excluding ortho intramolecular Hbond substituents is 2. The molecule has 2 aromatic carbocycles. The molecule has 0 spiro atoms. The number of amides is 1. The second kappa shape index (κ2) is 6.15. The zero-order valence-corrected chi connectivity index (χ0v) is 12.0. The van der Waals surface area contributed by atoms with Crippen LogP contribution in [0.4, 0.5) is 0 Å². The van der Waals surface area contributed by atoms with Crippen molar-refractivity contribution in [1.29, 1.82) is 0 Å². The lowest BCUT2D eigenvalue weighted by Crippen LogP contribution is -2.18. The number of nitrogens with zero attached hydrogens (tertiary/aromatic N) is 2. The molecule has 0 atom stereocenters. The molecule has 6 nitrogen and oxygen atoms in total. The topological polar surface area (TPSA) is 94.8 Å². The van der Waals surface area contributed by atoms with Gasteiger partial charge >= 0.3 is 0 Å². The quantitative estimate of drug-likeness (QED) is 0.511. The molecule has 1 heterocycles. The average Bonchev–Trinajstić information content (AvgIpc) is 2.56. The zero-order chi connectivity index (χ0) is 16.2. The third-order valence-electron chi connectivity index (χ3n) is 3.21. The molecule has 3 rings (SSSR count). The molecule has 3 N–H and O–H groups in total. The van der Waals surface area contributed by atoms with Crippen molar-refractivity contribution in [2.24, 2.45) is 5.10 Å². The van der Waals surface area contributed by atoms with Crippen LogP contribution >= 0.6 is 0 Å². The summed E-state index contributed by atoms with van der Waals surface area (Å²) in [5.74, 6) is -0.638. The SMILES string of the molecule is O=C(N/N=C\c1ccc(O)cc1O)c1ccc2ccccc2n1. The zero-order valence-electron chi connectivity index (χ0n) is 12.0. The highest BCUT2D eigenvalue weighted by atomic mass is 16.3. The van der Waals surface area contributed by atoms with Crippen LogP contribution in [0, 0.1) is 0 Å². The lowest BCUT2D eigenvalue weighted by Gasteiger charge is -2.02. The largest absolute Gasteiger partial charge is 0.508 e. The third kappa shape index (κ3) is 3.26. The minimum atomic E-state index is -0.453. The fourth-order valence-corrected chi connectivity index (χ4v) is 2.05. The van der Waals surface area contributed by atoms with Gasteiger partial charge in [-0.25, -0.2) is 10.4 Å². The molecule has 0 unspecified atom stereocenters. The Labute approximate surface area is 131 Å². The number of pyridine rings is 1. The Hall–Kier alpha value is -3.41. The molecular weight excluding hydrogens is 294 g/mol. The number of rotatable bonds is 3. The standard InChI is InChI=1S/C17H13N3O3/c21-13-7-5-12(16(22)9-13)10-18-20-17(23)15-8-6-11-3-1-2-4-14(11)19-15/h1-10,21-22H,(H,20,23)/b18-10-. The summed E-state index contributed by atoms with van der Waals surface area (Å²) < 4.78 is 0. The number of fused-ring (bicyclic) bond motifs is 1. The highest BCUT2D eigenvalue weighted by Gasteiger charge is 2.07. The first kappa shape index (κ1) is 14.5. The van der Waals surface area contributed by atoms with Crippen LogP contribution in [0.15, 0.2) is 59.7 Å². The van der Waals surface area contributed by atoms with Gasteiger partial charge in [0, 0.05) is 17.0 Å². The van der Waals surface area contributed by atoms with Crippen LogP contribution in [0.25, 0.3) is 10.9 Å². The monoisotopic (exact) mass is 307 g/mol. The summed E-state index contributed by atoms with van der Waals surface area (Å²) in [5.41, 5.74) is 3.69. The van der Waals surface area contributed by atoms with Gasteiger partial charge in [-0.05, 0) is 24.3 Å². The van der Waals surface area contributed by atoms with Gasteiger partial charge in [0.1, 0.15) is 17.2 Å². The fraction of sp³-hybridized carbons (Fsp3) is 0. The Morgan fingerprint density at radius 1 is 1.09 bits per heavy atom. The lowest BCUT2D eigenvalue weighted by molar-refractivity contribution is 0.0950. The van der Waals surface area contributed by atoms with Crippen molar-refractivity contribution in [3.05, 3.63) is 65.9 Å². The predicted molar refractivity (Wildman–Crippen MR) is 86.6 cm³/mol. The van der Waals surface area contributed by atoms with Gasteiger partial charge in [-0.2, -0.15) is 5.10 Å². The smallest absolute Gasteiger partial charge is 0.289 e. The molecule has 3 aromatic rings. The summed E-state index contributed by atoms with van der Waals surface area (Å²) in [6.07, 6.45) is 1.29. The summed E-state index contributed by atoms with van der Waals surface area (Å²) in [5, 5.41) is 23.5. The van der Waals surface area contributed by atoms with Gasteiger partial charge in [0.2, 0.25) is 0 Å². The van der Waals surface area contributed by atoms with Gasteiger partial charge in [-0.3, -0.25) is 4.79 Å². The van der Waals surface area contributed by atoms with Gasteiger partial charge in [-0.1, -0.05) is 24.3 Å². The van der Waals surface area contributed by atoms with Crippen LogP contribution < -0.4 is 5.43 Å². The van der Waals surface area contributed by atoms with Crippen LogP contribution in [-0.2, 0) is 0 Å². The Morgan fingerprint density at radius 3 is 2.74 bits per heavy atom.